The molecule has 6 heteroatoms. The van der Waals surface area contributed by atoms with Crippen molar-refractivity contribution in [2.75, 3.05) is 6.54 Å². The number of nitrogens with two attached hydrogens (primary N) is 1. The minimum absolute atomic E-state index is 0.0693. The van der Waals surface area contributed by atoms with Crippen LogP contribution in [-0.4, -0.2) is 34.5 Å². The van der Waals surface area contributed by atoms with Crippen LogP contribution >= 0.6 is 0 Å². The van der Waals surface area contributed by atoms with Crippen molar-refractivity contribution < 1.29 is 14.1 Å². The second kappa shape index (κ2) is 6.87. The zero-order valence-electron chi connectivity index (χ0n) is 15.1. The van der Waals surface area contributed by atoms with Crippen LogP contribution in [0.2, 0.25) is 0 Å². The number of benzene rings is 2. The molecule has 2 amide bonds. The number of hydrogen-bond acceptors (Lipinski definition) is 4. The van der Waals surface area contributed by atoms with Crippen molar-refractivity contribution in [3.63, 3.8) is 0 Å². The van der Waals surface area contributed by atoms with Gasteiger partial charge in [0, 0.05) is 23.7 Å². The second-order valence-electron chi connectivity index (χ2n) is 7.09. The van der Waals surface area contributed by atoms with Gasteiger partial charge in [0.2, 0.25) is 5.91 Å². The van der Waals surface area contributed by atoms with Gasteiger partial charge in [-0.05, 0) is 38.0 Å². The molecule has 2 atom stereocenters. The highest BCUT2D eigenvalue weighted by molar-refractivity contribution is 6.01. The van der Waals surface area contributed by atoms with Gasteiger partial charge in [-0.2, -0.15) is 0 Å². The Bertz CT molecular complexity index is 996. The van der Waals surface area contributed by atoms with Crippen LogP contribution in [0.15, 0.2) is 53.1 Å². The van der Waals surface area contributed by atoms with Crippen molar-refractivity contribution >= 4 is 22.7 Å². The normalized spacial score (nSPS) is 20.0. The van der Waals surface area contributed by atoms with Crippen LogP contribution < -0.4 is 5.73 Å². The van der Waals surface area contributed by atoms with Gasteiger partial charge in [0.1, 0.15) is 5.52 Å². The summed E-state index contributed by atoms with van der Waals surface area (Å²) in [4.78, 5) is 26.4. The molecule has 2 aromatic carbocycles. The van der Waals surface area contributed by atoms with Crippen LogP contribution in [0.5, 0.6) is 0 Å². The summed E-state index contributed by atoms with van der Waals surface area (Å²) in [6.07, 6.45) is 1.49. The first kappa shape index (κ1) is 17.3. The Morgan fingerprint density at radius 2 is 1.93 bits per heavy atom. The van der Waals surface area contributed by atoms with Crippen LogP contribution in [0.3, 0.4) is 0 Å². The second-order valence-corrected chi connectivity index (χ2v) is 7.09. The summed E-state index contributed by atoms with van der Waals surface area (Å²) in [6.45, 7) is 2.37. The summed E-state index contributed by atoms with van der Waals surface area (Å²) < 4.78 is 5.51. The van der Waals surface area contributed by atoms with Crippen molar-refractivity contribution in [1.29, 1.82) is 0 Å². The number of carbonyl (C=O) groups is 2. The van der Waals surface area contributed by atoms with E-state index in [9.17, 15) is 9.59 Å². The number of piperidine rings is 1. The minimum Gasteiger partial charge on any atom is -0.369 e. The number of amides is 2. The summed E-state index contributed by atoms with van der Waals surface area (Å²) in [5.74, 6) is -0.0950. The molecule has 27 heavy (non-hydrogen) atoms. The lowest BCUT2D eigenvalue weighted by Crippen LogP contribution is -2.48. The molecule has 0 bridgehead atoms. The predicted octanol–water partition coefficient (Wildman–Crippen LogP) is 3.22. The number of fused-ring (bicyclic) bond motifs is 1. The molecular formula is C21H21N3O3. The van der Waals surface area contributed by atoms with Crippen LogP contribution in [-0.2, 0) is 4.79 Å². The van der Waals surface area contributed by atoms with E-state index in [-0.39, 0.29) is 23.8 Å². The molecule has 1 aliphatic rings. The molecule has 0 aliphatic carbocycles. The summed E-state index contributed by atoms with van der Waals surface area (Å²) >= 11 is 0. The molecule has 2 N–H and O–H groups in total. The van der Waals surface area contributed by atoms with Crippen molar-refractivity contribution in [3.05, 3.63) is 54.1 Å². The summed E-state index contributed by atoms with van der Waals surface area (Å²) in [5.41, 5.74) is 7.62. The van der Waals surface area contributed by atoms with Gasteiger partial charge in [-0.25, -0.2) is 0 Å². The highest BCUT2D eigenvalue weighted by Gasteiger charge is 2.32. The van der Waals surface area contributed by atoms with Crippen molar-refractivity contribution in [2.24, 2.45) is 11.7 Å². The average molecular weight is 363 g/mol. The van der Waals surface area contributed by atoms with E-state index in [1.807, 2.05) is 43.3 Å². The lowest BCUT2D eigenvalue weighted by molar-refractivity contribution is -0.123. The van der Waals surface area contributed by atoms with Gasteiger partial charge in [-0.3, -0.25) is 9.59 Å². The summed E-state index contributed by atoms with van der Waals surface area (Å²) in [6, 6.07) is 15.1. The number of nitrogens with zero attached hydrogens (tertiary/aromatic N) is 2. The van der Waals surface area contributed by atoms with Crippen molar-refractivity contribution in [3.8, 4) is 11.3 Å². The average Bonchev–Trinajstić information content (AvgIpc) is 3.11. The number of primary amides is 1. The zero-order chi connectivity index (χ0) is 19.0. The van der Waals surface area contributed by atoms with Crippen LogP contribution in [0.4, 0.5) is 0 Å². The molecule has 2 unspecified atom stereocenters. The fraction of sp³-hybridized carbons (Fsp3) is 0.286. The number of rotatable bonds is 3. The van der Waals surface area contributed by atoms with E-state index in [1.54, 1.807) is 17.0 Å². The van der Waals surface area contributed by atoms with Gasteiger partial charge in [0.25, 0.3) is 5.91 Å². The molecule has 0 spiro atoms. The first-order chi connectivity index (χ1) is 13.0. The number of aromatic nitrogens is 1. The molecule has 138 valence electrons. The zero-order valence-corrected chi connectivity index (χ0v) is 15.1. The van der Waals surface area contributed by atoms with Gasteiger partial charge in [-0.1, -0.05) is 35.5 Å². The number of hydrogen-bond donors (Lipinski definition) is 1. The predicted molar refractivity (Wildman–Crippen MR) is 102 cm³/mol. The quantitative estimate of drug-likeness (QED) is 0.774. The SMILES string of the molecule is CC1CCC(C(N)=O)CN1C(=O)c1ccc2noc(-c3ccccc3)c2c1. The molecule has 2 heterocycles. The first-order valence-electron chi connectivity index (χ1n) is 9.09. The Labute approximate surface area is 156 Å². The molecule has 6 nitrogen and oxygen atoms in total. The van der Waals surface area contributed by atoms with Gasteiger partial charge in [0.15, 0.2) is 5.76 Å². The highest BCUT2D eigenvalue weighted by Crippen LogP contribution is 2.30. The smallest absolute Gasteiger partial charge is 0.254 e. The molecule has 3 aromatic rings. The maximum absolute atomic E-state index is 13.1. The van der Waals surface area contributed by atoms with Crippen LogP contribution in [0.25, 0.3) is 22.2 Å². The molecule has 1 aliphatic heterocycles. The Morgan fingerprint density at radius 3 is 2.67 bits per heavy atom. The lowest BCUT2D eigenvalue weighted by Gasteiger charge is -2.37. The first-order valence-corrected chi connectivity index (χ1v) is 9.09. The summed E-state index contributed by atoms with van der Waals surface area (Å²) in [5, 5.41) is 4.89. The molecule has 1 saturated heterocycles. The van der Waals surface area contributed by atoms with E-state index in [2.05, 4.69) is 5.16 Å². The Kier molecular flexibility index (Phi) is 4.39. The monoisotopic (exact) mass is 363 g/mol. The Balaban J connectivity index is 1.69. The van der Waals surface area contributed by atoms with Gasteiger partial charge in [-0.15, -0.1) is 0 Å². The van der Waals surface area contributed by atoms with E-state index in [1.165, 1.54) is 0 Å². The van der Waals surface area contributed by atoms with E-state index in [0.717, 1.165) is 23.8 Å². The third kappa shape index (κ3) is 3.18. The lowest BCUT2D eigenvalue weighted by atomic mass is 9.92. The fourth-order valence-corrected chi connectivity index (χ4v) is 3.66. The van der Waals surface area contributed by atoms with E-state index in [0.29, 0.717) is 23.4 Å². The van der Waals surface area contributed by atoms with Gasteiger partial charge < -0.3 is 15.2 Å². The van der Waals surface area contributed by atoms with E-state index >= 15 is 0 Å². The largest absolute Gasteiger partial charge is 0.369 e. The molecular weight excluding hydrogens is 342 g/mol. The molecule has 4 rings (SSSR count). The topological polar surface area (TPSA) is 89.4 Å². The third-order valence-corrected chi connectivity index (χ3v) is 5.30. The van der Waals surface area contributed by atoms with Gasteiger partial charge in [0.05, 0.1) is 11.3 Å². The third-order valence-electron chi connectivity index (χ3n) is 5.30. The number of likely N-dealkylation sites (tertiary alicyclic amines) is 1. The van der Waals surface area contributed by atoms with Crippen molar-refractivity contribution in [1.82, 2.24) is 10.1 Å². The fourth-order valence-electron chi connectivity index (χ4n) is 3.66. The molecule has 0 saturated carbocycles. The maximum Gasteiger partial charge on any atom is 0.254 e. The maximum atomic E-state index is 13.1. The minimum atomic E-state index is -0.347. The number of carbonyl (C=O) groups excluding carboxylic acids is 2. The van der Waals surface area contributed by atoms with Crippen LogP contribution in [0, 0.1) is 5.92 Å². The van der Waals surface area contributed by atoms with Gasteiger partial charge >= 0.3 is 0 Å². The van der Waals surface area contributed by atoms with Crippen LogP contribution in [0.1, 0.15) is 30.1 Å². The van der Waals surface area contributed by atoms with E-state index in [4.69, 9.17) is 10.3 Å². The molecule has 1 aromatic heterocycles. The Hall–Kier alpha value is -3.15. The summed E-state index contributed by atoms with van der Waals surface area (Å²) in [7, 11) is 0. The van der Waals surface area contributed by atoms with E-state index < -0.39 is 0 Å². The molecule has 1 fully saturated rings. The standard InChI is InChI=1S/C21H21N3O3/c1-13-7-8-16(20(22)25)12-24(13)21(26)15-9-10-18-17(11-15)19(27-23-18)14-5-3-2-4-6-14/h2-6,9-11,13,16H,7-8,12H2,1H3,(H2,22,25). The Morgan fingerprint density at radius 1 is 1.15 bits per heavy atom. The van der Waals surface area contributed by atoms with Crippen molar-refractivity contribution in [2.45, 2.75) is 25.8 Å². The molecule has 0 radical (unpaired) electrons. The highest BCUT2D eigenvalue weighted by atomic mass is 16.5.